The number of rotatable bonds is 4. The molecule has 0 aliphatic heterocycles. The number of methoxy groups -OCH3 is 1. The number of benzene rings is 1. The monoisotopic (exact) mass is 423 g/mol. The van der Waals surface area contributed by atoms with E-state index in [1.807, 2.05) is 52.9 Å². The fourth-order valence-corrected chi connectivity index (χ4v) is 3.05. The molecule has 0 bridgehead atoms. The van der Waals surface area contributed by atoms with Gasteiger partial charge in [-0.3, -0.25) is 9.59 Å². The Kier molecular flexibility index (Phi) is 4.63. The number of hydrogen-bond acceptors (Lipinski definition) is 4. The number of hydrogen-bond donors (Lipinski definition) is 0. The van der Waals surface area contributed by atoms with Crippen LogP contribution in [0.4, 0.5) is 0 Å². The molecule has 1 aromatic carbocycles. The zero-order valence-corrected chi connectivity index (χ0v) is 14.6. The molecule has 6 heteroatoms. The molecule has 0 aliphatic rings. The van der Waals surface area contributed by atoms with Gasteiger partial charge in [0.15, 0.2) is 5.76 Å². The summed E-state index contributed by atoms with van der Waals surface area (Å²) in [6, 6.07) is 10.9. The number of aromatic nitrogens is 1. The summed E-state index contributed by atoms with van der Waals surface area (Å²) in [5.74, 6) is 0.422. The van der Waals surface area contributed by atoms with E-state index in [9.17, 15) is 9.59 Å². The van der Waals surface area contributed by atoms with Gasteiger partial charge in [0.25, 0.3) is 5.56 Å². The van der Waals surface area contributed by atoms with E-state index in [1.54, 1.807) is 19.4 Å². The maximum Gasteiger partial charge on any atom is 0.294 e. The summed E-state index contributed by atoms with van der Waals surface area (Å²) < 4.78 is 12.8. The van der Waals surface area contributed by atoms with E-state index in [-0.39, 0.29) is 16.6 Å². The molecule has 2 heterocycles. The molecule has 0 unspecified atom stereocenters. The molecule has 23 heavy (non-hydrogen) atoms. The summed E-state index contributed by atoms with van der Waals surface area (Å²) >= 11 is 1.96. The fraction of sp³-hybridized carbons (Fsp3) is 0.176. The molecule has 2 aromatic heterocycles. The van der Waals surface area contributed by atoms with Crippen molar-refractivity contribution in [3.63, 3.8) is 0 Å². The molecule has 0 amide bonds. The molecule has 0 saturated heterocycles. The SMILES string of the molecule is COCCn1ccc2c(=O)c(I)c(-c3ccccc3)oc2c1=O. The molecule has 3 rings (SSSR count). The topological polar surface area (TPSA) is 61.4 Å². The second-order valence-corrected chi connectivity index (χ2v) is 6.07. The van der Waals surface area contributed by atoms with Crippen molar-refractivity contribution in [3.05, 3.63) is 66.7 Å². The van der Waals surface area contributed by atoms with Crippen molar-refractivity contribution in [1.29, 1.82) is 0 Å². The van der Waals surface area contributed by atoms with Crippen molar-refractivity contribution < 1.29 is 9.15 Å². The number of nitrogens with zero attached hydrogens (tertiary/aromatic N) is 1. The summed E-state index contributed by atoms with van der Waals surface area (Å²) in [5.41, 5.74) is 0.322. The first-order chi connectivity index (χ1) is 11.1. The van der Waals surface area contributed by atoms with Crippen molar-refractivity contribution in [1.82, 2.24) is 4.57 Å². The van der Waals surface area contributed by atoms with Crippen molar-refractivity contribution in [2.45, 2.75) is 6.54 Å². The predicted octanol–water partition coefficient (Wildman–Crippen LogP) is 2.87. The highest BCUT2D eigenvalue weighted by molar-refractivity contribution is 14.1. The van der Waals surface area contributed by atoms with Crippen molar-refractivity contribution in [3.8, 4) is 11.3 Å². The van der Waals surface area contributed by atoms with E-state index < -0.39 is 0 Å². The lowest BCUT2D eigenvalue weighted by atomic mass is 10.1. The van der Waals surface area contributed by atoms with Crippen LogP contribution in [0.1, 0.15) is 0 Å². The summed E-state index contributed by atoms with van der Waals surface area (Å²) in [7, 11) is 1.57. The van der Waals surface area contributed by atoms with Crippen molar-refractivity contribution >= 4 is 33.6 Å². The van der Waals surface area contributed by atoms with Crippen molar-refractivity contribution in [2.24, 2.45) is 0 Å². The second kappa shape index (κ2) is 6.67. The van der Waals surface area contributed by atoms with E-state index in [4.69, 9.17) is 9.15 Å². The number of halogens is 1. The molecule has 5 nitrogen and oxygen atoms in total. The molecule has 0 radical (unpaired) electrons. The first-order valence-corrected chi connectivity index (χ1v) is 8.11. The van der Waals surface area contributed by atoms with Crippen molar-refractivity contribution in [2.75, 3.05) is 13.7 Å². The van der Waals surface area contributed by atoms with Gasteiger partial charge in [-0.05, 0) is 28.7 Å². The summed E-state index contributed by atoms with van der Waals surface area (Å²) in [6.07, 6.45) is 1.60. The lowest BCUT2D eigenvalue weighted by Crippen LogP contribution is -2.24. The number of ether oxygens (including phenoxy) is 1. The van der Waals surface area contributed by atoms with Gasteiger partial charge in [0.05, 0.1) is 12.0 Å². The highest BCUT2D eigenvalue weighted by Crippen LogP contribution is 2.25. The number of fused-ring (bicyclic) bond motifs is 1. The van der Waals surface area contributed by atoms with E-state index in [2.05, 4.69) is 0 Å². The second-order valence-electron chi connectivity index (χ2n) is 4.99. The maximum atomic E-state index is 12.6. The molecule has 0 fully saturated rings. The Labute approximate surface area is 145 Å². The third kappa shape index (κ3) is 2.96. The van der Waals surface area contributed by atoms with Gasteiger partial charge in [0, 0.05) is 25.4 Å². The molecule has 3 aromatic rings. The quantitative estimate of drug-likeness (QED) is 0.606. The van der Waals surface area contributed by atoms with Gasteiger partial charge in [0.1, 0.15) is 3.57 Å². The molecule has 118 valence electrons. The number of pyridine rings is 1. The smallest absolute Gasteiger partial charge is 0.294 e. The van der Waals surface area contributed by atoms with E-state index in [0.29, 0.717) is 27.9 Å². The molecular formula is C17H14INO4. The van der Waals surface area contributed by atoms with Crippen LogP contribution in [0.3, 0.4) is 0 Å². The zero-order valence-electron chi connectivity index (χ0n) is 12.4. The standard InChI is InChI=1S/C17H14INO4/c1-22-10-9-19-8-7-12-14(20)13(18)15(23-16(12)17(19)21)11-5-3-2-4-6-11/h2-8H,9-10H2,1H3. The van der Waals surface area contributed by atoms with E-state index in [0.717, 1.165) is 5.56 Å². The van der Waals surface area contributed by atoms with Gasteiger partial charge >= 0.3 is 0 Å². The van der Waals surface area contributed by atoms with Gasteiger partial charge in [-0.15, -0.1) is 0 Å². The Bertz CT molecular complexity index is 960. The Morgan fingerprint density at radius 2 is 1.91 bits per heavy atom. The summed E-state index contributed by atoms with van der Waals surface area (Å²) in [6.45, 7) is 0.813. The zero-order chi connectivity index (χ0) is 16.4. The minimum Gasteiger partial charge on any atom is -0.449 e. The van der Waals surface area contributed by atoms with Crippen LogP contribution in [-0.2, 0) is 11.3 Å². The van der Waals surface area contributed by atoms with Crippen LogP contribution >= 0.6 is 22.6 Å². The lowest BCUT2D eigenvalue weighted by Gasteiger charge is -2.08. The first-order valence-electron chi connectivity index (χ1n) is 7.03. The lowest BCUT2D eigenvalue weighted by molar-refractivity contribution is 0.186. The average Bonchev–Trinajstić information content (AvgIpc) is 2.58. The van der Waals surface area contributed by atoms with Gasteiger partial charge in [-0.2, -0.15) is 0 Å². The van der Waals surface area contributed by atoms with Gasteiger partial charge in [0.2, 0.25) is 11.0 Å². The van der Waals surface area contributed by atoms with Crippen LogP contribution in [0.15, 0.2) is 56.6 Å². The van der Waals surface area contributed by atoms with Crippen LogP contribution in [0.2, 0.25) is 0 Å². The van der Waals surface area contributed by atoms with E-state index in [1.165, 1.54) is 4.57 Å². The Hall–Kier alpha value is -1.93. The molecule has 0 atom stereocenters. The highest BCUT2D eigenvalue weighted by Gasteiger charge is 2.16. The minimum absolute atomic E-state index is 0.0767. The fourth-order valence-electron chi connectivity index (χ4n) is 2.34. The van der Waals surface area contributed by atoms with Crippen LogP contribution < -0.4 is 11.0 Å². The van der Waals surface area contributed by atoms with Crippen LogP contribution in [-0.4, -0.2) is 18.3 Å². The van der Waals surface area contributed by atoms with Gasteiger partial charge < -0.3 is 13.7 Å². The normalized spacial score (nSPS) is 11.0. The Balaban J connectivity index is 2.28. The van der Waals surface area contributed by atoms with Gasteiger partial charge in [-0.25, -0.2) is 0 Å². The third-order valence-corrected chi connectivity index (χ3v) is 4.52. The Morgan fingerprint density at radius 1 is 1.17 bits per heavy atom. The molecular weight excluding hydrogens is 409 g/mol. The summed E-state index contributed by atoms with van der Waals surface area (Å²) in [5, 5.41) is 0.299. The highest BCUT2D eigenvalue weighted by atomic mass is 127. The largest absolute Gasteiger partial charge is 0.449 e. The predicted molar refractivity (Wildman–Crippen MR) is 96.8 cm³/mol. The Morgan fingerprint density at radius 3 is 2.61 bits per heavy atom. The molecule has 0 N–H and O–H groups in total. The van der Waals surface area contributed by atoms with E-state index >= 15 is 0 Å². The van der Waals surface area contributed by atoms with Crippen LogP contribution in [0, 0.1) is 3.57 Å². The molecule has 0 saturated carbocycles. The summed E-state index contributed by atoms with van der Waals surface area (Å²) in [4.78, 5) is 25.1. The third-order valence-electron chi connectivity index (χ3n) is 3.54. The average molecular weight is 423 g/mol. The van der Waals surface area contributed by atoms with Crippen LogP contribution in [0.5, 0.6) is 0 Å². The maximum absolute atomic E-state index is 12.6. The van der Waals surface area contributed by atoms with Crippen LogP contribution in [0.25, 0.3) is 22.3 Å². The van der Waals surface area contributed by atoms with Gasteiger partial charge in [-0.1, -0.05) is 30.3 Å². The minimum atomic E-state index is -0.328. The first kappa shape index (κ1) is 15.9. The molecule has 0 aliphatic carbocycles. The molecule has 0 spiro atoms.